The predicted molar refractivity (Wildman–Crippen MR) is 144 cm³/mol. The van der Waals surface area contributed by atoms with E-state index in [0.717, 1.165) is 51.2 Å². The lowest BCUT2D eigenvalue weighted by atomic mass is 9.80. The van der Waals surface area contributed by atoms with Gasteiger partial charge in [0.25, 0.3) is 5.91 Å². The summed E-state index contributed by atoms with van der Waals surface area (Å²) in [7, 11) is 0. The number of Topliss-reactive ketones (excluding diaryl/α,β-unsaturated/α-hetero) is 1. The minimum Gasteiger partial charge on any atom is -0.367 e. The van der Waals surface area contributed by atoms with Gasteiger partial charge in [0, 0.05) is 23.1 Å². The van der Waals surface area contributed by atoms with E-state index in [9.17, 15) is 14.4 Å². The van der Waals surface area contributed by atoms with Crippen molar-refractivity contribution < 1.29 is 19.1 Å². The Bertz CT molecular complexity index is 1150. The van der Waals surface area contributed by atoms with Gasteiger partial charge in [0.1, 0.15) is 18.2 Å². The number of hydrogen-bond donors (Lipinski definition) is 1. The lowest BCUT2D eigenvalue weighted by Crippen LogP contribution is -2.62. The Hall–Kier alpha value is -2.94. The fraction of sp³-hybridized carbons (Fsp3) is 0.690. The summed E-state index contributed by atoms with van der Waals surface area (Å²) in [5.74, 6) is -0.207. The number of piperidine rings is 1. The Balaban J connectivity index is 1.15. The summed E-state index contributed by atoms with van der Waals surface area (Å²) in [5.41, 5.74) is 9.71. The molecule has 3 aliphatic heterocycles. The minimum absolute atomic E-state index is 0.0954. The van der Waals surface area contributed by atoms with E-state index < -0.39 is 23.7 Å². The second-order valence-corrected chi connectivity index (χ2v) is 12.0. The molecule has 2 aliphatic carbocycles. The Labute approximate surface area is 229 Å². The molecule has 5 aliphatic rings. The molecule has 0 aromatic heterocycles. The van der Waals surface area contributed by atoms with Crippen molar-refractivity contribution in [3.05, 3.63) is 45.8 Å². The highest BCUT2D eigenvalue weighted by Crippen LogP contribution is 2.37. The van der Waals surface area contributed by atoms with Crippen LogP contribution in [0, 0.1) is 0 Å². The van der Waals surface area contributed by atoms with Crippen LogP contribution < -0.4 is 5.32 Å². The quantitative estimate of drug-likeness (QED) is 0.338. The molecule has 6 rings (SSSR count). The second-order valence-electron chi connectivity index (χ2n) is 12.0. The second kappa shape index (κ2) is 10.9. The number of nitrogens with zero attached hydrogens (tertiary/aromatic N) is 5. The molecule has 1 aromatic carbocycles. The standard InChI is InChI=1S/C29H38N6O4/c30-33-32-23-17-35(25-24(36)18-39-26(23)25)28(38)29(13-2-1-3-14-29)31-27(37)21-9-7-19(8-10-21)20-11-15-34(16-12-20)22-5-4-6-22/h7-10,20,22-23,25-26H,1-6,11-18H2,(H,31,37)/t23-,25+,26+/m0/s1. The predicted octanol–water partition coefficient (Wildman–Crippen LogP) is 3.71. The topological polar surface area (TPSA) is 128 Å². The largest absolute Gasteiger partial charge is 0.367 e. The summed E-state index contributed by atoms with van der Waals surface area (Å²) in [6.07, 6.45) is 9.39. The zero-order valence-corrected chi connectivity index (χ0v) is 22.5. The van der Waals surface area contributed by atoms with Gasteiger partial charge in [0.05, 0.1) is 12.1 Å². The molecule has 0 bridgehead atoms. The van der Waals surface area contributed by atoms with E-state index in [4.69, 9.17) is 10.3 Å². The van der Waals surface area contributed by atoms with Crippen LogP contribution in [0.15, 0.2) is 29.4 Å². The number of amides is 2. The molecule has 10 heteroatoms. The van der Waals surface area contributed by atoms with E-state index in [1.807, 2.05) is 12.1 Å². The van der Waals surface area contributed by atoms with Crippen LogP contribution in [0.25, 0.3) is 10.4 Å². The Morgan fingerprint density at radius 2 is 1.74 bits per heavy atom. The number of ketones is 1. The monoisotopic (exact) mass is 534 g/mol. The third-order valence-corrected chi connectivity index (χ3v) is 9.85. The van der Waals surface area contributed by atoms with Gasteiger partial charge < -0.3 is 19.9 Å². The number of carbonyl (C=O) groups excluding carboxylic acids is 3. The highest BCUT2D eigenvalue weighted by molar-refractivity contribution is 6.01. The fourth-order valence-corrected chi connectivity index (χ4v) is 7.38. The summed E-state index contributed by atoms with van der Waals surface area (Å²) in [6, 6.07) is 7.31. The first-order valence-electron chi connectivity index (χ1n) is 14.7. The van der Waals surface area contributed by atoms with Crippen molar-refractivity contribution in [1.29, 1.82) is 0 Å². The molecule has 3 atom stereocenters. The molecule has 0 unspecified atom stereocenters. The zero-order chi connectivity index (χ0) is 27.0. The van der Waals surface area contributed by atoms with Gasteiger partial charge in [-0.15, -0.1) is 0 Å². The van der Waals surface area contributed by atoms with Crippen LogP contribution in [-0.2, 0) is 14.3 Å². The van der Waals surface area contributed by atoms with Crippen molar-refractivity contribution in [1.82, 2.24) is 15.1 Å². The van der Waals surface area contributed by atoms with Crippen molar-refractivity contribution >= 4 is 17.6 Å². The molecule has 39 heavy (non-hydrogen) atoms. The van der Waals surface area contributed by atoms with Gasteiger partial charge in [-0.2, -0.15) is 0 Å². The van der Waals surface area contributed by atoms with Gasteiger partial charge in [0.15, 0.2) is 5.78 Å². The van der Waals surface area contributed by atoms with Crippen molar-refractivity contribution in [2.45, 2.75) is 99.9 Å². The van der Waals surface area contributed by atoms with Crippen LogP contribution in [0.1, 0.15) is 86.0 Å². The number of hydrogen-bond acceptors (Lipinski definition) is 6. The maximum atomic E-state index is 14.1. The average molecular weight is 535 g/mol. The van der Waals surface area contributed by atoms with E-state index in [2.05, 4.69) is 32.4 Å². The van der Waals surface area contributed by atoms with E-state index in [1.165, 1.54) is 29.7 Å². The van der Waals surface area contributed by atoms with E-state index in [-0.39, 0.29) is 30.7 Å². The van der Waals surface area contributed by atoms with Crippen LogP contribution in [0.3, 0.4) is 0 Å². The maximum Gasteiger partial charge on any atom is 0.252 e. The molecule has 0 radical (unpaired) electrons. The molecule has 2 saturated carbocycles. The van der Waals surface area contributed by atoms with Gasteiger partial charge in [-0.1, -0.05) is 42.9 Å². The first-order chi connectivity index (χ1) is 19.0. The first-order valence-corrected chi connectivity index (χ1v) is 14.7. The Morgan fingerprint density at radius 3 is 2.38 bits per heavy atom. The highest BCUT2D eigenvalue weighted by atomic mass is 16.5. The van der Waals surface area contributed by atoms with Crippen molar-refractivity contribution in [3.63, 3.8) is 0 Å². The number of likely N-dealkylation sites (tertiary alicyclic amines) is 2. The van der Waals surface area contributed by atoms with Crippen molar-refractivity contribution in [2.75, 3.05) is 26.2 Å². The van der Waals surface area contributed by atoms with Gasteiger partial charge in [-0.25, -0.2) is 0 Å². The summed E-state index contributed by atoms with van der Waals surface area (Å²) >= 11 is 0. The maximum absolute atomic E-state index is 14.1. The normalized spacial score (nSPS) is 29.4. The molecular formula is C29H38N6O4. The summed E-state index contributed by atoms with van der Waals surface area (Å²) in [4.78, 5) is 47.2. The molecule has 1 N–H and O–H groups in total. The lowest BCUT2D eigenvalue weighted by molar-refractivity contribution is -0.143. The average Bonchev–Trinajstić information content (AvgIpc) is 3.49. The summed E-state index contributed by atoms with van der Waals surface area (Å²) in [6.45, 7) is 2.32. The molecule has 208 valence electrons. The number of ether oxygens (including phenoxy) is 1. The third kappa shape index (κ3) is 4.94. The van der Waals surface area contributed by atoms with Crippen LogP contribution >= 0.6 is 0 Å². The van der Waals surface area contributed by atoms with Crippen LogP contribution in [-0.4, -0.2) is 83.4 Å². The van der Waals surface area contributed by atoms with Gasteiger partial charge in [-0.05, 0) is 80.8 Å². The molecule has 3 heterocycles. The lowest BCUT2D eigenvalue weighted by Gasteiger charge is -2.42. The van der Waals surface area contributed by atoms with Crippen molar-refractivity contribution in [3.8, 4) is 0 Å². The van der Waals surface area contributed by atoms with Crippen LogP contribution in [0.2, 0.25) is 0 Å². The van der Waals surface area contributed by atoms with Crippen molar-refractivity contribution in [2.24, 2.45) is 5.11 Å². The summed E-state index contributed by atoms with van der Waals surface area (Å²) < 4.78 is 5.59. The first kappa shape index (κ1) is 26.3. The van der Waals surface area contributed by atoms with E-state index >= 15 is 0 Å². The number of carbonyl (C=O) groups is 3. The molecule has 10 nitrogen and oxygen atoms in total. The van der Waals surface area contributed by atoms with Gasteiger partial charge >= 0.3 is 0 Å². The number of azide groups is 1. The van der Waals surface area contributed by atoms with Crippen LogP contribution in [0.4, 0.5) is 0 Å². The summed E-state index contributed by atoms with van der Waals surface area (Å²) in [5, 5.41) is 6.90. The molecule has 1 aromatic rings. The molecule has 2 amide bonds. The molecular weight excluding hydrogens is 496 g/mol. The van der Waals surface area contributed by atoms with E-state index in [1.54, 1.807) is 0 Å². The zero-order valence-electron chi connectivity index (χ0n) is 22.5. The van der Waals surface area contributed by atoms with E-state index in [0.29, 0.717) is 24.3 Å². The Kier molecular flexibility index (Phi) is 7.35. The number of nitrogens with one attached hydrogen (secondary N) is 1. The minimum atomic E-state index is -1.08. The smallest absolute Gasteiger partial charge is 0.252 e. The van der Waals surface area contributed by atoms with Gasteiger partial charge in [-0.3, -0.25) is 14.4 Å². The number of rotatable bonds is 6. The fourth-order valence-electron chi connectivity index (χ4n) is 7.38. The number of fused-ring (bicyclic) bond motifs is 1. The number of benzene rings is 1. The Morgan fingerprint density at radius 1 is 1.03 bits per heavy atom. The molecule has 3 saturated heterocycles. The van der Waals surface area contributed by atoms with Gasteiger partial charge in [0.2, 0.25) is 5.91 Å². The SMILES string of the molecule is [N-]=[N+]=N[C@H]1CN(C(=O)C2(NC(=O)c3ccc(C4CCN(C5CCC5)CC4)cc3)CCCCC2)[C@@H]2C(=O)CO[C@H]12. The van der Waals surface area contributed by atoms with Crippen LogP contribution in [0.5, 0.6) is 0 Å². The third-order valence-electron chi connectivity index (χ3n) is 9.85. The molecule has 5 fully saturated rings. The molecule has 0 spiro atoms. The highest BCUT2D eigenvalue weighted by Gasteiger charge is 2.56.